The third-order valence-corrected chi connectivity index (χ3v) is 3.36. The third-order valence-electron chi connectivity index (χ3n) is 3.12. The molecule has 1 atom stereocenters. The van der Waals surface area contributed by atoms with E-state index in [0.717, 1.165) is 23.7 Å². The Balaban J connectivity index is 2.41. The van der Waals surface area contributed by atoms with Gasteiger partial charge in [-0.3, -0.25) is 0 Å². The minimum absolute atomic E-state index is 0.261. The third kappa shape index (κ3) is 3.66. The van der Waals surface area contributed by atoms with Gasteiger partial charge < -0.3 is 10.5 Å². The molecule has 5 nitrogen and oxygen atoms in total. The summed E-state index contributed by atoms with van der Waals surface area (Å²) in [6.45, 7) is 4.64. The Morgan fingerprint density at radius 2 is 2.29 bits per heavy atom. The van der Waals surface area contributed by atoms with Gasteiger partial charge in [0, 0.05) is 5.02 Å². The van der Waals surface area contributed by atoms with Gasteiger partial charge in [0.1, 0.15) is 5.54 Å². The molecule has 1 unspecified atom stereocenters. The Hall–Kier alpha value is -1.77. The zero-order valence-electron chi connectivity index (χ0n) is 12.3. The van der Waals surface area contributed by atoms with E-state index in [4.69, 9.17) is 27.3 Å². The van der Waals surface area contributed by atoms with Crippen LogP contribution in [0.1, 0.15) is 26.7 Å². The van der Waals surface area contributed by atoms with Crippen LogP contribution in [-0.2, 0) is 6.54 Å². The molecule has 21 heavy (non-hydrogen) atoms. The summed E-state index contributed by atoms with van der Waals surface area (Å²) in [4.78, 5) is 0. The van der Waals surface area contributed by atoms with Gasteiger partial charge in [-0.15, -0.1) is 0 Å². The molecule has 1 heterocycles. The number of nitrogens with two attached hydrogens (primary N) is 1. The minimum atomic E-state index is -1.01. The Labute approximate surface area is 129 Å². The number of fused-ring (bicyclic) bond motifs is 1. The van der Waals surface area contributed by atoms with Crippen molar-refractivity contribution in [1.29, 1.82) is 5.26 Å². The maximum absolute atomic E-state index is 9.10. The van der Waals surface area contributed by atoms with Crippen LogP contribution in [0.25, 0.3) is 10.9 Å². The number of nitriles is 1. The van der Waals surface area contributed by atoms with Crippen molar-refractivity contribution >= 4 is 22.5 Å². The summed E-state index contributed by atoms with van der Waals surface area (Å²) in [6.07, 6.45) is 2.00. The number of halogens is 1. The van der Waals surface area contributed by atoms with Gasteiger partial charge in [-0.25, -0.2) is 4.68 Å². The first-order valence-corrected chi connectivity index (χ1v) is 7.33. The van der Waals surface area contributed by atoms with E-state index in [1.165, 1.54) is 0 Å². The molecular formula is C15H19ClN4O. The summed E-state index contributed by atoms with van der Waals surface area (Å²) in [5.41, 5.74) is 5.65. The number of rotatable bonds is 6. The van der Waals surface area contributed by atoms with E-state index in [9.17, 15) is 0 Å². The molecule has 112 valence electrons. The molecule has 0 fully saturated rings. The maximum Gasteiger partial charge on any atom is 0.219 e. The average molecular weight is 307 g/mol. The van der Waals surface area contributed by atoms with E-state index < -0.39 is 5.54 Å². The molecule has 0 radical (unpaired) electrons. The average Bonchev–Trinajstić information content (AvgIpc) is 2.75. The second kappa shape index (κ2) is 6.33. The molecule has 6 heteroatoms. The highest BCUT2D eigenvalue weighted by Gasteiger charge is 2.22. The number of nitrogens with zero attached hydrogens (tertiary/aromatic N) is 3. The lowest BCUT2D eigenvalue weighted by molar-refractivity contribution is 0.272. The van der Waals surface area contributed by atoms with E-state index in [1.807, 2.05) is 6.07 Å². The summed E-state index contributed by atoms with van der Waals surface area (Å²) in [6, 6.07) is 7.53. The van der Waals surface area contributed by atoms with E-state index in [0.29, 0.717) is 17.5 Å². The van der Waals surface area contributed by atoms with Gasteiger partial charge in [-0.1, -0.05) is 24.9 Å². The molecule has 0 bridgehead atoms. The Morgan fingerprint density at radius 1 is 1.52 bits per heavy atom. The van der Waals surface area contributed by atoms with Crippen molar-refractivity contribution in [2.75, 3.05) is 6.61 Å². The van der Waals surface area contributed by atoms with Crippen molar-refractivity contribution in [3.8, 4) is 11.9 Å². The number of ether oxygens (including phenoxy) is 1. The molecule has 2 rings (SSSR count). The lowest BCUT2D eigenvalue weighted by Gasteiger charge is -2.17. The highest BCUT2D eigenvalue weighted by Crippen LogP contribution is 2.29. The molecule has 0 aliphatic heterocycles. The molecule has 1 aromatic carbocycles. The molecule has 2 N–H and O–H groups in total. The monoisotopic (exact) mass is 306 g/mol. The highest BCUT2D eigenvalue weighted by atomic mass is 35.5. The number of unbranched alkanes of at least 4 members (excludes halogenated alkanes) is 1. The SMILES string of the molecule is CCCCOc1c2ccc(Cl)cc2nn1CC(C)(N)C#N. The van der Waals surface area contributed by atoms with Crippen LogP contribution in [0.4, 0.5) is 0 Å². The van der Waals surface area contributed by atoms with Crippen molar-refractivity contribution in [3.05, 3.63) is 23.2 Å². The van der Waals surface area contributed by atoms with Crippen LogP contribution in [0.5, 0.6) is 5.88 Å². The van der Waals surface area contributed by atoms with Gasteiger partial charge in [0.2, 0.25) is 5.88 Å². The van der Waals surface area contributed by atoms with Crippen LogP contribution in [0, 0.1) is 11.3 Å². The first-order valence-electron chi connectivity index (χ1n) is 6.96. The molecule has 0 saturated heterocycles. The molecule has 0 spiro atoms. The van der Waals surface area contributed by atoms with Crippen LogP contribution in [0.3, 0.4) is 0 Å². The minimum Gasteiger partial charge on any atom is -0.477 e. The van der Waals surface area contributed by atoms with Crippen molar-refractivity contribution in [1.82, 2.24) is 9.78 Å². The normalized spacial score (nSPS) is 13.9. The summed E-state index contributed by atoms with van der Waals surface area (Å²) < 4.78 is 7.51. The molecule has 2 aromatic rings. The number of hydrogen-bond donors (Lipinski definition) is 1. The second-order valence-electron chi connectivity index (χ2n) is 5.36. The zero-order valence-corrected chi connectivity index (χ0v) is 13.0. The predicted octanol–water partition coefficient (Wildman–Crippen LogP) is 3.11. The van der Waals surface area contributed by atoms with Crippen molar-refractivity contribution in [3.63, 3.8) is 0 Å². The molecule has 0 amide bonds. The number of aromatic nitrogens is 2. The summed E-state index contributed by atoms with van der Waals surface area (Å²) in [5, 5.41) is 15.1. The van der Waals surface area contributed by atoms with Gasteiger partial charge in [0.25, 0.3) is 0 Å². The Bertz CT molecular complexity index is 672. The Kier molecular flexibility index (Phi) is 4.71. The molecular weight excluding hydrogens is 288 g/mol. The van der Waals surface area contributed by atoms with Crippen LogP contribution in [-0.4, -0.2) is 21.9 Å². The first-order chi connectivity index (χ1) is 9.96. The Morgan fingerprint density at radius 3 is 2.95 bits per heavy atom. The van der Waals surface area contributed by atoms with Crippen LogP contribution in [0.15, 0.2) is 18.2 Å². The fourth-order valence-corrected chi connectivity index (χ4v) is 2.17. The predicted molar refractivity (Wildman–Crippen MR) is 83.4 cm³/mol. The van der Waals surface area contributed by atoms with Crippen molar-refractivity contribution in [2.24, 2.45) is 5.73 Å². The summed E-state index contributed by atoms with van der Waals surface area (Å²) in [5.74, 6) is 0.641. The lowest BCUT2D eigenvalue weighted by Crippen LogP contribution is -2.39. The van der Waals surface area contributed by atoms with Crippen LogP contribution >= 0.6 is 11.6 Å². The molecule has 0 aliphatic rings. The molecule has 0 saturated carbocycles. The van der Waals surface area contributed by atoms with Crippen molar-refractivity contribution < 1.29 is 4.74 Å². The van der Waals surface area contributed by atoms with Gasteiger partial charge in [-0.05, 0) is 31.5 Å². The highest BCUT2D eigenvalue weighted by molar-refractivity contribution is 6.31. The molecule has 0 aliphatic carbocycles. The van der Waals surface area contributed by atoms with E-state index >= 15 is 0 Å². The molecule has 1 aromatic heterocycles. The zero-order chi connectivity index (χ0) is 15.5. The van der Waals surface area contributed by atoms with E-state index in [-0.39, 0.29) is 6.54 Å². The van der Waals surface area contributed by atoms with Gasteiger partial charge in [0.05, 0.1) is 30.1 Å². The number of hydrogen-bond acceptors (Lipinski definition) is 4. The van der Waals surface area contributed by atoms with Gasteiger partial charge in [-0.2, -0.15) is 10.4 Å². The largest absolute Gasteiger partial charge is 0.477 e. The first kappa shape index (κ1) is 15.6. The number of benzene rings is 1. The van der Waals surface area contributed by atoms with Crippen LogP contribution in [0.2, 0.25) is 5.02 Å². The maximum atomic E-state index is 9.10. The van der Waals surface area contributed by atoms with Gasteiger partial charge in [0.15, 0.2) is 0 Å². The fraction of sp³-hybridized carbons (Fsp3) is 0.467. The summed E-state index contributed by atoms with van der Waals surface area (Å²) in [7, 11) is 0. The van der Waals surface area contributed by atoms with Crippen molar-refractivity contribution in [2.45, 2.75) is 38.8 Å². The summed E-state index contributed by atoms with van der Waals surface area (Å²) >= 11 is 6.00. The van der Waals surface area contributed by atoms with Crippen LogP contribution < -0.4 is 10.5 Å². The van der Waals surface area contributed by atoms with Gasteiger partial charge >= 0.3 is 0 Å². The standard InChI is InChI=1S/C15H19ClN4O/c1-3-4-7-21-14-12-6-5-11(16)8-13(12)19-20(14)10-15(2,18)9-17/h5-6,8H,3-4,7,10,18H2,1-2H3. The fourth-order valence-electron chi connectivity index (χ4n) is 2.00. The quantitative estimate of drug-likeness (QED) is 0.832. The van der Waals surface area contributed by atoms with E-state index in [1.54, 1.807) is 23.7 Å². The second-order valence-corrected chi connectivity index (χ2v) is 5.79. The topological polar surface area (TPSA) is 76.9 Å². The lowest BCUT2D eigenvalue weighted by atomic mass is 10.1. The van der Waals surface area contributed by atoms with E-state index in [2.05, 4.69) is 18.1 Å². The smallest absolute Gasteiger partial charge is 0.219 e.